The molecule has 1 aliphatic heterocycles. The van der Waals surface area contributed by atoms with E-state index in [1.165, 1.54) is 13.2 Å². The Morgan fingerprint density at radius 1 is 1.45 bits per heavy atom. The first kappa shape index (κ1) is 14.6. The molecule has 1 fully saturated rings. The molecule has 1 atom stereocenters. The molecule has 1 aromatic rings. The van der Waals surface area contributed by atoms with Gasteiger partial charge >= 0.3 is 5.97 Å². The number of carbonyl (C=O) groups is 1. The summed E-state index contributed by atoms with van der Waals surface area (Å²) in [6, 6.07) is 2.62. The lowest BCUT2D eigenvalue weighted by Crippen LogP contribution is -2.39. The van der Waals surface area contributed by atoms with Crippen LogP contribution in [0.4, 0.5) is 15.8 Å². The highest BCUT2D eigenvalue weighted by molar-refractivity contribution is 5.96. The quantitative estimate of drug-likeness (QED) is 0.676. The van der Waals surface area contributed by atoms with Crippen molar-refractivity contribution in [3.8, 4) is 0 Å². The first-order valence-electron chi connectivity index (χ1n) is 6.52. The minimum absolute atomic E-state index is 0.0716. The van der Waals surface area contributed by atoms with Crippen LogP contribution in [0.1, 0.15) is 23.2 Å². The van der Waals surface area contributed by atoms with Crippen LogP contribution in [0.25, 0.3) is 0 Å². The van der Waals surface area contributed by atoms with Crippen molar-refractivity contribution in [2.24, 2.45) is 0 Å². The molecule has 0 aromatic heterocycles. The van der Waals surface area contributed by atoms with Gasteiger partial charge in [0.05, 0.1) is 24.5 Å². The molecule has 1 aliphatic rings. The second-order valence-electron chi connectivity index (χ2n) is 4.83. The Hall–Kier alpha value is -1.82. The Bertz CT molecular complexity index is 507. The first-order chi connectivity index (χ1) is 9.56. The Morgan fingerprint density at radius 3 is 2.85 bits per heavy atom. The SMILES string of the molecule is COC(=O)c1cc(N2CCCC(OC)C2)c(F)cc1N. The molecule has 5 nitrogen and oxygen atoms in total. The van der Waals surface area contributed by atoms with Crippen molar-refractivity contribution in [2.75, 3.05) is 37.9 Å². The van der Waals surface area contributed by atoms with Crippen LogP contribution < -0.4 is 10.6 Å². The molecule has 0 bridgehead atoms. The van der Waals surface area contributed by atoms with E-state index < -0.39 is 11.8 Å². The van der Waals surface area contributed by atoms with E-state index in [0.717, 1.165) is 25.5 Å². The standard InChI is InChI=1S/C14H19FN2O3/c1-19-9-4-3-5-17(8-9)13-6-10(14(18)20-2)12(16)7-11(13)15/h6-7,9H,3-5,8,16H2,1-2H3. The molecule has 0 radical (unpaired) electrons. The van der Waals surface area contributed by atoms with Gasteiger partial charge < -0.3 is 20.1 Å². The average molecular weight is 282 g/mol. The van der Waals surface area contributed by atoms with Crippen LogP contribution in [0.2, 0.25) is 0 Å². The number of esters is 1. The Morgan fingerprint density at radius 2 is 2.20 bits per heavy atom. The van der Waals surface area contributed by atoms with Gasteiger partial charge in [-0.05, 0) is 25.0 Å². The zero-order valence-electron chi connectivity index (χ0n) is 11.7. The van der Waals surface area contributed by atoms with Crippen LogP contribution in [-0.4, -0.2) is 39.4 Å². The summed E-state index contributed by atoms with van der Waals surface area (Å²) in [4.78, 5) is 13.5. The number of hydrogen-bond acceptors (Lipinski definition) is 5. The van der Waals surface area contributed by atoms with Crippen LogP contribution >= 0.6 is 0 Å². The molecule has 110 valence electrons. The number of benzene rings is 1. The lowest BCUT2D eigenvalue weighted by molar-refractivity contribution is 0.0602. The predicted octanol–water partition coefficient (Wildman–Crippen LogP) is 1.81. The largest absolute Gasteiger partial charge is 0.465 e. The molecular weight excluding hydrogens is 263 g/mol. The number of ether oxygens (including phenoxy) is 2. The molecular formula is C14H19FN2O3. The number of piperidine rings is 1. The van der Waals surface area contributed by atoms with Gasteiger partial charge in [-0.25, -0.2) is 9.18 Å². The maximum Gasteiger partial charge on any atom is 0.340 e. The summed E-state index contributed by atoms with van der Waals surface area (Å²) in [6.07, 6.45) is 1.94. The lowest BCUT2D eigenvalue weighted by atomic mass is 10.1. The molecule has 2 N–H and O–H groups in total. The summed E-state index contributed by atoms with van der Waals surface area (Å²) in [6.45, 7) is 1.32. The second kappa shape index (κ2) is 6.09. The summed E-state index contributed by atoms with van der Waals surface area (Å²) < 4.78 is 24.1. The fraction of sp³-hybridized carbons (Fsp3) is 0.500. The summed E-state index contributed by atoms with van der Waals surface area (Å²) in [5.41, 5.74) is 6.29. The summed E-state index contributed by atoms with van der Waals surface area (Å²) >= 11 is 0. The van der Waals surface area contributed by atoms with E-state index in [0.29, 0.717) is 12.2 Å². The molecule has 0 saturated carbocycles. The van der Waals surface area contributed by atoms with Gasteiger partial charge in [0.1, 0.15) is 5.82 Å². The second-order valence-corrected chi connectivity index (χ2v) is 4.83. The van der Waals surface area contributed by atoms with Crippen LogP contribution in [-0.2, 0) is 9.47 Å². The van der Waals surface area contributed by atoms with Crippen LogP contribution in [0, 0.1) is 5.82 Å². The molecule has 1 saturated heterocycles. The number of nitrogen functional groups attached to an aromatic ring is 1. The normalized spacial score (nSPS) is 18.9. The summed E-state index contributed by atoms with van der Waals surface area (Å²) in [5, 5.41) is 0. The van der Waals surface area contributed by atoms with E-state index in [4.69, 9.17) is 10.5 Å². The fourth-order valence-corrected chi connectivity index (χ4v) is 2.46. The van der Waals surface area contributed by atoms with Gasteiger partial charge in [-0.3, -0.25) is 0 Å². The molecule has 6 heteroatoms. The molecule has 2 rings (SSSR count). The fourth-order valence-electron chi connectivity index (χ4n) is 2.46. The smallest absolute Gasteiger partial charge is 0.340 e. The van der Waals surface area contributed by atoms with Crippen LogP contribution in [0.15, 0.2) is 12.1 Å². The van der Waals surface area contributed by atoms with E-state index in [2.05, 4.69) is 4.74 Å². The zero-order valence-corrected chi connectivity index (χ0v) is 11.7. The van der Waals surface area contributed by atoms with Gasteiger partial charge in [-0.1, -0.05) is 0 Å². The van der Waals surface area contributed by atoms with Crippen molar-refractivity contribution in [1.29, 1.82) is 0 Å². The van der Waals surface area contributed by atoms with E-state index in [-0.39, 0.29) is 17.4 Å². The predicted molar refractivity (Wildman–Crippen MR) is 74.4 cm³/mol. The third kappa shape index (κ3) is 2.85. The maximum atomic E-state index is 14.1. The number of anilines is 2. The topological polar surface area (TPSA) is 64.8 Å². The summed E-state index contributed by atoms with van der Waals surface area (Å²) in [7, 11) is 2.92. The monoisotopic (exact) mass is 282 g/mol. The molecule has 0 amide bonds. The third-order valence-corrected chi connectivity index (χ3v) is 3.58. The maximum absolute atomic E-state index is 14.1. The molecule has 1 heterocycles. The minimum Gasteiger partial charge on any atom is -0.465 e. The van der Waals surface area contributed by atoms with E-state index in [9.17, 15) is 9.18 Å². The van der Waals surface area contributed by atoms with E-state index >= 15 is 0 Å². The van der Waals surface area contributed by atoms with Crippen molar-refractivity contribution in [3.05, 3.63) is 23.5 Å². The van der Waals surface area contributed by atoms with Crippen molar-refractivity contribution in [3.63, 3.8) is 0 Å². The van der Waals surface area contributed by atoms with Gasteiger partial charge in [0.15, 0.2) is 0 Å². The number of halogens is 1. The number of rotatable bonds is 3. The minimum atomic E-state index is -0.566. The van der Waals surface area contributed by atoms with Crippen LogP contribution in [0.5, 0.6) is 0 Å². The number of carbonyl (C=O) groups excluding carboxylic acids is 1. The highest BCUT2D eigenvalue weighted by atomic mass is 19.1. The molecule has 0 spiro atoms. The lowest BCUT2D eigenvalue weighted by Gasteiger charge is -2.34. The molecule has 0 aliphatic carbocycles. The van der Waals surface area contributed by atoms with E-state index in [1.807, 2.05) is 4.90 Å². The third-order valence-electron chi connectivity index (χ3n) is 3.58. The number of hydrogen-bond donors (Lipinski definition) is 1. The highest BCUT2D eigenvalue weighted by Gasteiger charge is 2.24. The van der Waals surface area contributed by atoms with Crippen LogP contribution in [0.3, 0.4) is 0 Å². The van der Waals surface area contributed by atoms with E-state index in [1.54, 1.807) is 7.11 Å². The van der Waals surface area contributed by atoms with Crippen molar-refractivity contribution >= 4 is 17.3 Å². The van der Waals surface area contributed by atoms with Gasteiger partial charge in [-0.15, -0.1) is 0 Å². The molecule has 20 heavy (non-hydrogen) atoms. The molecule has 1 unspecified atom stereocenters. The number of nitrogens with two attached hydrogens (primary N) is 1. The van der Waals surface area contributed by atoms with Crippen molar-refractivity contribution in [2.45, 2.75) is 18.9 Å². The van der Waals surface area contributed by atoms with Gasteiger partial charge in [-0.2, -0.15) is 0 Å². The van der Waals surface area contributed by atoms with Gasteiger partial charge in [0.2, 0.25) is 0 Å². The van der Waals surface area contributed by atoms with Crippen molar-refractivity contribution < 1.29 is 18.7 Å². The van der Waals surface area contributed by atoms with Gasteiger partial charge in [0.25, 0.3) is 0 Å². The number of nitrogens with zero attached hydrogens (tertiary/aromatic N) is 1. The van der Waals surface area contributed by atoms with Gasteiger partial charge in [0, 0.05) is 25.9 Å². The molecule has 1 aromatic carbocycles. The Labute approximate surface area is 117 Å². The Balaban J connectivity index is 2.33. The highest BCUT2D eigenvalue weighted by Crippen LogP contribution is 2.28. The average Bonchev–Trinajstić information content (AvgIpc) is 2.46. The Kier molecular flexibility index (Phi) is 4.44. The number of methoxy groups -OCH3 is 2. The summed E-state index contributed by atoms with van der Waals surface area (Å²) in [5.74, 6) is -1.00. The first-order valence-corrected chi connectivity index (χ1v) is 6.52. The van der Waals surface area contributed by atoms with Crippen molar-refractivity contribution in [1.82, 2.24) is 0 Å². The zero-order chi connectivity index (χ0) is 14.7.